The molecule has 1 N–H and O–H groups in total. The van der Waals surface area contributed by atoms with E-state index in [1.54, 1.807) is 18.2 Å². The van der Waals surface area contributed by atoms with Crippen LogP contribution in [-0.4, -0.2) is 17.7 Å². The first-order chi connectivity index (χ1) is 9.58. The van der Waals surface area contributed by atoms with Crippen LogP contribution in [0.25, 0.3) is 11.1 Å². The van der Waals surface area contributed by atoms with E-state index in [2.05, 4.69) is 13.8 Å². The molecule has 0 atom stereocenters. The molecule has 2 rings (SSSR count). The number of carboxylic acids is 1. The summed E-state index contributed by atoms with van der Waals surface area (Å²) in [6.07, 6.45) is 0. The van der Waals surface area contributed by atoms with Gasteiger partial charge in [0.05, 0.1) is 12.2 Å². The second-order valence-corrected chi connectivity index (χ2v) is 5.09. The fourth-order valence-corrected chi connectivity index (χ4v) is 1.89. The lowest BCUT2D eigenvalue weighted by Crippen LogP contribution is -2.06. The molecule has 2 aromatic carbocycles. The number of hydrogen-bond acceptors (Lipinski definition) is 2. The predicted octanol–water partition coefficient (Wildman–Crippen LogP) is 4.09. The van der Waals surface area contributed by atoms with Gasteiger partial charge in [0.15, 0.2) is 0 Å². The van der Waals surface area contributed by atoms with Crippen molar-refractivity contribution < 1.29 is 14.6 Å². The summed E-state index contributed by atoms with van der Waals surface area (Å²) in [5.74, 6) is 0.0518. The summed E-state index contributed by atoms with van der Waals surface area (Å²) in [5.41, 5.74) is 2.17. The number of carboxylic acid groups (broad SMARTS) is 1. The first kappa shape index (κ1) is 14.1. The highest BCUT2D eigenvalue weighted by molar-refractivity contribution is 5.89. The van der Waals surface area contributed by atoms with Gasteiger partial charge in [0.1, 0.15) is 5.75 Å². The van der Waals surface area contributed by atoms with Gasteiger partial charge >= 0.3 is 5.97 Å². The van der Waals surface area contributed by atoms with Gasteiger partial charge in [0.25, 0.3) is 0 Å². The van der Waals surface area contributed by atoms with Crippen molar-refractivity contribution in [2.24, 2.45) is 5.92 Å². The van der Waals surface area contributed by atoms with Crippen molar-refractivity contribution >= 4 is 5.97 Å². The van der Waals surface area contributed by atoms with Gasteiger partial charge in [-0.05, 0) is 29.7 Å². The lowest BCUT2D eigenvalue weighted by Gasteiger charge is -2.14. The van der Waals surface area contributed by atoms with Gasteiger partial charge in [-0.3, -0.25) is 0 Å². The second-order valence-electron chi connectivity index (χ2n) is 5.09. The minimum Gasteiger partial charge on any atom is -0.493 e. The van der Waals surface area contributed by atoms with Crippen LogP contribution in [0.5, 0.6) is 5.75 Å². The summed E-state index contributed by atoms with van der Waals surface area (Å²) in [7, 11) is 0. The monoisotopic (exact) mass is 270 g/mol. The zero-order valence-corrected chi connectivity index (χ0v) is 11.7. The van der Waals surface area contributed by atoms with Crippen LogP contribution in [0.15, 0.2) is 48.5 Å². The standard InChI is InChI=1S/C17H18O3/c1-12(2)11-20-16-10-14(17(18)19)8-9-15(16)13-6-4-3-5-7-13/h3-10,12H,11H2,1-2H3,(H,18,19). The Hall–Kier alpha value is -2.29. The van der Waals surface area contributed by atoms with E-state index >= 15 is 0 Å². The highest BCUT2D eigenvalue weighted by atomic mass is 16.5. The summed E-state index contributed by atoms with van der Waals surface area (Å²) in [6.45, 7) is 4.68. The Kier molecular flexibility index (Phi) is 4.41. The van der Waals surface area contributed by atoms with E-state index in [4.69, 9.17) is 9.84 Å². The van der Waals surface area contributed by atoms with Gasteiger partial charge in [-0.1, -0.05) is 44.2 Å². The molecule has 0 heterocycles. The van der Waals surface area contributed by atoms with Gasteiger partial charge in [0.2, 0.25) is 0 Å². The maximum atomic E-state index is 11.1. The summed E-state index contributed by atoms with van der Waals surface area (Å²) in [4.78, 5) is 11.1. The minimum atomic E-state index is -0.945. The Labute approximate surface area is 118 Å². The Balaban J connectivity index is 2.42. The molecule has 0 saturated carbocycles. The second kappa shape index (κ2) is 6.24. The van der Waals surface area contributed by atoms with E-state index in [1.807, 2.05) is 30.3 Å². The van der Waals surface area contributed by atoms with E-state index in [-0.39, 0.29) is 5.56 Å². The van der Waals surface area contributed by atoms with E-state index in [0.29, 0.717) is 18.3 Å². The molecule has 0 unspecified atom stereocenters. The Morgan fingerprint density at radius 1 is 1.15 bits per heavy atom. The van der Waals surface area contributed by atoms with Crippen molar-refractivity contribution in [3.8, 4) is 16.9 Å². The highest BCUT2D eigenvalue weighted by Crippen LogP contribution is 2.31. The van der Waals surface area contributed by atoms with Crippen molar-refractivity contribution in [3.05, 3.63) is 54.1 Å². The predicted molar refractivity (Wildman–Crippen MR) is 79.2 cm³/mol. The number of rotatable bonds is 5. The number of carbonyl (C=O) groups is 1. The molecule has 0 aromatic heterocycles. The van der Waals surface area contributed by atoms with E-state index in [1.165, 1.54) is 0 Å². The first-order valence-electron chi connectivity index (χ1n) is 6.63. The Morgan fingerprint density at radius 2 is 1.85 bits per heavy atom. The summed E-state index contributed by atoms with van der Waals surface area (Å²) in [6, 6.07) is 14.8. The van der Waals surface area contributed by atoms with Crippen LogP contribution in [0.4, 0.5) is 0 Å². The zero-order valence-electron chi connectivity index (χ0n) is 11.7. The molecule has 0 fully saturated rings. The van der Waals surface area contributed by atoms with Crippen molar-refractivity contribution in [1.29, 1.82) is 0 Å². The molecular weight excluding hydrogens is 252 g/mol. The molecule has 0 aliphatic carbocycles. The molecule has 0 aliphatic rings. The fourth-order valence-electron chi connectivity index (χ4n) is 1.89. The molecule has 0 saturated heterocycles. The largest absolute Gasteiger partial charge is 0.493 e. The topological polar surface area (TPSA) is 46.5 Å². The molecule has 3 heteroatoms. The van der Waals surface area contributed by atoms with E-state index < -0.39 is 5.97 Å². The van der Waals surface area contributed by atoms with Crippen LogP contribution in [0.2, 0.25) is 0 Å². The summed E-state index contributed by atoms with van der Waals surface area (Å²) >= 11 is 0. The Bertz CT molecular complexity index is 588. The molecule has 3 nitrogen and oxygen atoms in total. The van der Waals surface area contributed by atoms with Gasteiger partial charge < -0.3 is 9.84 Å². The maximum absolute atomic E-state index is 11.1. The molecule has 0 aliphatic heterocycles. The molecule has 104 valence electrons. The third-order valence-corrected chi connectivity index (χ3v) is 2.89. The normalized spacial score (nSPS) is 10.6. The van der Waals surface area contributed by atoms with Crippen LogP contribution >= 0.6 is 0 Å². The Morgan fingerprint density at radius 3 is 2.45 bits per heavy atom. The number of ether oxygens (including phenoxy) is 1. The zero-order chi connectivity index (χ0) is 14.5. The minimum absolute atomic E-state index is 0.239. The number of benzene rings is 2. The molecule has 0 spiro atoms. The lowest BCUT2D eigenvalue weighted by molar-refractivity contribution is 0.0696. The average molecular weight is 270 g/mol. The van der Waals surface area contributed by atoms with Crippen molar-refractivity contribution in [2.75, 3.05) is 6.61 Å². The SMILES string of the molecule is CC(C)COc1cc(C(=O)O)ccc1-c1ccccc1. The third kappa shape index (κ3) is 3.38. The fraction of sp³-hybridized carbons (Fsp3) is 0.235. The molecular formula is C17H18O3. The van der Waals surface area contributed by atoms with Crippen molar-refractivity contribution in [3.63, 3.8) is 0 Å². The van der Waals surface area contributed by atoms with Gasteiger partial charge in [-0.2, -0.15) is 0 Å². The van der Waals surface area contributed by atoms with Crippen LogP contribution in [0.1, 0.15) is 24.2 Å². The molecule has 0 amide bonds. The van der Waals surface area contributed by atoms with E-state index in [9.17, 15) is 4.79 Å². The lowest BCUT2D eigenvalue weighted by atomic mass is 10.0. The quantitative estimate of drug-likeness (QED) is 0.890. The smallest absolute Gasteiger partial charge is 0.335 e. The molecule has 0 radical (unpaired) electrons. The third-order valence-electron chi connectivity index (χ3n) is 2.89. The number of aromatic carboxylic acids is 1. The highest BCUT2D eigenvalue weighted by Gasteiger charge is 2.11. The summed E-state index contributed by atoms with van der Waals surface area (Å²) < 4.78 is 5.78. The van der Waals surface area contributed by atoms with Crippen LogP contribution < -0.4 is 4.74 Å². The van der Waals surface area contributed by atoms with Crippen LogP contribution in [-0.2, 0) is 0 Å². The first-order valence-corrected chi connectivity index (χ1v) is 6.63. The van der Waals surface area contributed by atoms with Crippen LogP contribution in [0.3, 0.4) is 0 Å². The van der Waals surface area contributed by atoms with Gasteiger partial charge in [0, 0.05) is 5.56 Å². The number of hydrogen-bond donors (Lipinski definition) is 1. The van der Waals surface area contributed by atoms with E-state index in [0.717, 1.165) is 11.1 Å². The maximum Gasteiger partial charge on any atom is 0.335 e. The van der Waals surface area contributed by atoms with Crippen molar-refractivity contribution in [2.45, 2.75) is 13.8 Å². The van der Waals surface area contributed by atoms with Gasteiger partial charge in [-0.25, -0.2) is 4.79 Å². The average Bonchev–Trinajstić information content (AvgIpc) is 2.45. The molecule has 20 heavy (non-hydrogen) atoms. The van der Waals surface area contributed by atoms with Crippen molar-refractivity contribution in [1.82, 2.24) is 0 Å². The summed E-state index contributed by atoms with van der Waals surface area (Å²) in [5, 5.41) is 9.09. The van der Waals surface area contributed by atoms with Gasteiger partial charge in [-0.15, -0.1) is 0 Å². The van der Waals surface area contributed by atoms with Crippen LogP contribution in [0, 0.1) is 5.92 Å². The molecule has 2 aromatic rings. The molecule has 0 bridgehead atoms.